The third-order valence-corrected chi connectivity index (χ3v) is 1.95. The summed E-state index contributed by atoms with van der Waals surface area (Å²) < 4.78 is 10.3. The minimum absolute atomic E-state index is 0.0367. The largest absolute Gasteiger partial charge is 0.465 e. The minimum atomic E-state index is -0.0367. The fourth-order valence-corrected chi connectivity index (χ4v) is 1.20. The van der Waals surface area contributed by atoms with Gasteiger partial charge >= 0.3 is 0 Å². The maximum Gasteiger partial charge on any atom is 0.117 e. The first-order chi connectivity index (χ1) is 6.76. The van der Waals surface area contributed by atoms with E-state index in [9.17, 15) is 0 Å². The summed E-state index contributed by atoms with van der Waals surface area (Å²) in [6.07, 6.45) is 0. The molecule has 1 unspecified atom stereocenters. The zero-order valence-electron chi connectivity index (χ0n) is 8.62. The van der Waals surface area contributed by atoms with Crippen LogP contribution in [-0.2, 0) is 11.3 Å². The van der Waals surface area contributed by atoms with E-state index in [1.807, 2.05) is 19.1 Å². The predicted molar refractivity (Wildman–Crippen MR) is 53.0 cm³/mol. The Morgan fingerprint density at radius 3 is 2.86 bits per heavy atom. The lowest BCUT2D eigenvalue weighted by Crippen LogP contribution is -2.35. The van der Waals surface area contributed by atoms with Gasteiger partial charge in [-0.05, 0) is 19.1 Å². The van der Waals surface area contributed by atoms with E-state index in [4.69, 9.17) is 14.3 Å². The Balaban J connectivity index is 2.31. The van der Waals surface area contributed by atoms with Crippen LogP contribution in [0.4, 0.5) is 0 Å². The molecule has 14 heavy (non-hydrogen) atoms. The van der Waals surface area contributed by atoms with Gasteiger partial charge in [-0.3, -0.25) is 0 Å². The molecule has 4 heteroatoms. The highest BCUT2D eigenvalue weighted by Crippen LogP contribution is 2.05. The summed E-state index contributed by atoms with van der Waals surface area (Å²) in [4.78, 5) is 0. The van der Waals surface area contributed by atoms with Crippen LogP contribution < -0.4 is 5.32 Å². The van der Waals surface area contributed by atoms with Crippen molar-refractivity contribution < 1.29 is 14.3 Å². The number of aliphatic hydroxyl groups is 1. The molecule has 0 saturated carbocycles. The molecule has 1 aromatic rings. The highest BCUT2D eigenvalue weighted by Gasteiger charge is 2.06. The molecule has 1 rings (SSSR count). The number of aliphatic hydroxyl groups excluding tert-OH is 1. The van der Waals surface area contributed by atoms with Crippen LogP contribution in [0.3, 0.4) is 0 Å². The molecule has 0 aliphatic heterocycles. The number of nitrogens with one attached hydrogen (secondary N) is 1. The second-order valence-electron chi connectivity index (χ2n) is 3.23. The van der Waals surface area contributed by atoms with Gasteiger partial charge in [-0.15, -0.1) is 0 Å². The third kappa shape index (κ3) is 3.49. The SMILES string of the molecule is COCC(CO)NCc1ccc(C)o1. The van der Waals surface area contributed by atoms with E-state index < -0.39 is 0 Å². The minimum Gasteiger partial charge on any atom is -0.465 e. The molecule has 4 nitrogen and oxygen atoms in total. The third-order valence-electron chi connectivity index (χ3n) is 1.95. The molecule has 0 spiro atoms. The van der Waals surface area contributed by atoms with Gasteiger partial charge in [0.05, 0.1) is 25.8 Å². The van der Waals surface area contributed by atoms with Crippen LogP contribution >= 0.6 is 0 Å². The topological polar surface area (TPSA) is 54.6 Å². The van der Waals surface area contributed by atoms with Crippen molar-refractivity contribution in [1.29, 1.82) is 0 Å². The Bertz CT molecular complexity index is 260. The molecule has 1 aromatic heterocycles. The highest BCUT2D eigenvalue weighted by atomic mass is 16.5. The molecule has 0 fully saturated rings. The second-order valence-corrected chi connectivity index (χ2v) is 3.23. The van der Waals surface area contributed by atoms with Crippen LogP contribution in [0, 0.1) is 6.92 Å². The molecule has 80 valence electrons. The van der Waals surface area contributed by atoms with Crippen LogP contribution in [0.2, 0.25) is 0 Å². The lowest BCUT2D eigenvalue weighted by atomic mass is 10.3. The Morgan fingerprint density at radius 2 is 2.36 bits per heavy atom. The fourth-order valence-electron chi connectivity index (χ4n) is 1.20. The van der Waals surface area contributed by atoms with Gasteiger partial charge in [-0.25, -0.2) is 0 Å². The van der Waals surface area contributed by atoms with Crippen LogP contribution in [0.25, 0.3) is 0 Å². The molecule has 1 atom stereocenters. The normalized spacial score (nSPS) is 13.1. The lowest BCUT2D eigenvalue weighted by molar-refractivity contribution is 0.127. The number of aryl methyl sites for hydroxylation is 1. The molecule has 0 aromatic carbocycles. The summed E-state index contributed by atoms with van der Waals surface area (Å²) >= 11 is 0. The van der Waals surface area contributed by atoms with E-state index in [2.05, 4.69) is 5.32 Å². The first kappa shape index (κ1) is 11.2. The molecular weight excluding hydrogens is 182 g/mol. The summed E-state index contributed by atoms with van der Waals surface area (Å²) in [7, 11) is 1.61. The van der Waals surface area contributed by atoms with Crippen molar-refractivity contribution in [3.63, 3.8) is 0 Å². The van der Waals surface area contributed by atoms with Gasteiger partial charge in [-0.1, -0.05) is 0 Å². The second kappa shape index (κ2) is 5.80. The molecule has 0 saturated heterocycles. The van der Waals surface area contributed by atoms with Crippen molar-refractivity contribution in [2.45, 2.75) is 19.5 Å². The number of furan rings is 1. The average molecular weight is 199 g/mol. The summed E-state index contributed by atoms with van der Waals surface area (Å²) in [6, 6.07) is 3.80. The summed E-state index contributed by atoms with van der Waals surface area (Å²) in [5, 5.41) is 12.1. The summed E-state index contributed by atoms with van der Waals surface area (Å²) in [5.74, 6) is 1.77. The zero-order valence-corrected chi connectivity index (χ0v) is 8.62. The molecule has 0 aliphatic rings. The van der Waals surface area contributed by atoms with Crippen molar-refractivity contribution >= 4 is 0 Å². The van der Waals surface area contributed by atoms with Gasteiger partial charge in [0.2, 0.25) is 0 Å². The molecule has 0 aliphatic carbocycles. The van der Waals surface area contributed by atoms with E-state index in [1.165, 1.54) is 0 Å². The van der Waals surface area contributed by atoms with Crippen LogP contribution in [0.1, 0.15) is 11.5 Å². The first-order valence-electron chi connectivity index (χ1n) is 4.64. The van der Waals surface area contributed by atoms with Crippen molar-refractivity contribution in [3.8, 4) is 0 Å². The standard InChI is InChI=1S/C10H17NO3/c1-8-3-4-10(14-8)5-11-9(6-12)7-13-2/h3-4,9,11-12H,5-7H2,1-2H3. The maximum absolute atomic E-state index is 8.97. The Hall–Kier alpha value is -0.840. The fraction of sp³-hybridized carbons (Fsp3) is 0.600. The van der Waals surface area contributed by atoms with E-state index in [-0.39, 0.29) is 12.6 Å². The van der Waals surface area contributed by atoms with Crippen molar-refractivity contribution in [3.05, 3.63) is 23.7 Å². The Kier molecular flexibility index (Phi) is 4.65. The summed E-state index contributed by atoms with van der Waals surface area (Å²) in [6.45, 7) is 3.08. The molecule has 1 heterocycles. The van der Waals surface area contributed by atoms with E-state index in [1.54, 1.807) is 7.11 Å². The van der Waals surface area contributed by atoms with E-state index >= 15 is 0 Å². The van der Waals surface area contributed by atoms with E-state index in [0.29, 0.717) is 13.2 Å². The molecule has 0 radical (unpaired) electrons. The van der Waals surface area contributed by atoms with Gasteiger partial charge in [0.15, 0.2) is 0 Å². The van der Waals surface area contributed by atoms with Crippen molar-refractivity contribution in [2.75, 3.05) is 20.3 Å². The van der Waals surface area contributed by atoms with Gasteiger partial charge < -0.3 is 19.6 Å². The zero-order chi connectivity index (χ0) is 10.4. The van der Waals surface area contributed by atoms with Gasteiger partial charge in [0, 0.05) is 7.11 Å². The first-order valence-corrected chi connectivity index (χ1v) is 4.64. The van der Waals surface area contributed by atoms with Crippen LogP contribution in [0.5, 0.6) is 0 Å². The van der Waals surface area contributed by atoms with Gasteiger partial charge in [0.25, 0.3) is 0 Å². The van der Waals surface area contributed by atoms with Crippen LogP contribution in [-0.4, -0.2) is 31.5 Å². The number of rotatable bonds is 6. The summed E-state index contributed by atoms with van der Waals surface area (Å²) in [5.41, 5.74) is 0. The molecule has 0 amide bonds. The van der Waals surface area contributed by atoms with Gasteiger partial charge in [0.1, 0.15) is 11.5 Å². The molecule has 0 bridgehead atoms. The van der Waals surface area contributed by atoms with Crippen molar-refractivity contribution in [2.24, 2.45) is 0 Å². The Morgan fingerprint density at radius 1 is 1.57 bits per heavy atom. The Labute approximate surface area is 83.9 Å². The molecule has 2 N–H and O–H groups in total. The number of hydrogen-bond acceptors (Lipinski definition) is 4. The quantitative estimate of drug-likeness (QED) is 0.707. The number of hydrogen-bond donors (Lipinski definition) is 2. The number of ether oxygens (including phenoxy) is 1. The maximum atomic E-state index is 8.97. The van der Waals surface area contributed by atoms with E-state index in [0.717, 1.165) is 11.5 Å². The average Bonchev–Trinajstić information content (AvgIpc) is 2.59. The monoisotopic (exact) mass is 199 g/mol. The van der Waals surface area contributed by atoms with Gasteiger partial charge in [-0.2, -0.15) is 0 Å². The highest BCUT2D eigenvalue weighted by molar-refractivity contribution is 5.05. The number of methoxy groups -OCH3 is 1. The molecular formula is C10H17NO3. The van der Waals surface area contributed by atoms with Crippen LogP contribution in [0.15, 0.2) is 16.5 Å². The smallest absolute Gasteiger partial charge is 0.117 e. The lowest BCUT2D eigenvalue weighted by Gasteiger charge is -2.13. The predicted octanol–water partition coefficient (Wildman–Crippen LogP) is 0.685. The van der Waals surface area contributed by atoms with Crippen molar-refractivity contribution in [1.82, 2.24) is 5.32 Å².